The number of carbonyl (C=O) groups excluding carboxylic acids is 1. The predicted molar refractivity (Wildman–Crippen MR) is 96.3 cm³/mol. The molecule has 6 nitrogen and oxygen atoms in total. The molecule has 128 valence electrons. The van der Waals surface area contributed by atoms with Crippen LogP contribution in [0, 0.1) is 0 Å². The molecular formula is C18H18N4O2S. The average molecular weight is 354 g/mol. The second kappa shape index (κ2) is 7.94. The minimum atomic E-state index is 0.0355. The quantitative estimate of drug-likeness (QED) is 0.518. The number of benzene rings is 2. The number of aromatic nitrogens is 4. The van der Waals surface area contributed by atoms with Crippen molar-refractivity contribution in [3.05, 3.63) is 59.7 Å². The van der Waals surface area contributed by atoms with E-state index in [1.807, 2.05) is 24.3 Å². The summed E-state index contributed by atoms with van der Waals surface area (Å²) in [6, 6.07) is 14.3. The van der Waals surface area contributed by atoms with E-state index >= 15 is 0 Å². The molecule has 0 saturated carbocycles. The molecule has 0 fully saturated rings. The zero-order chi connectivity index (χ0) is 17.6. The average Bonchev–Trinajstić information content (AvgIpc) is 3.10. The summed E-state index contributed by atoms with van der Waals surface area (Å²) in [6.07, 6.45) is 2.10. The number of aromatic hydroxyl groups is 1. The van der Waals surface area contributed by atoms with Crippen LogP contribution in [0.25, 0.3) is 5.69 Å². The summed E-state index contributed by atoms with van der Waals surface area (Å²) in [6.45, 7) is 2.13. The van der Waals surface area contributed by atoms with Crippen molar-refractivity contribution in [3.8, 4) is 11.4 Å². The van der Waals surface area contributed by atoms with Crippen LogP contribution in [0.2, 0.25) is 0 Å². The largest absolute Gasteiger partial charge is 0.508 e. The Labute approximate surface area is 149 Å². The number of Topliss-reactive ketones (excluding diaryl/α,β-unsaturated/α-hetero) is 1. The Kier molecular flexibility index (Phi) is 5.45. The van der Waals surface area contributed by atoms with Crippen LogP contribution < -0.4 is 0 Å². The molecule has 0 amide bonds. The molecule has 7 heteroatoms. The molecule has 0 radical (unpaired) electrons. The van der Waals surface area contributed by atoms with E-state index in [1.54, 1.807) is 28.9 Å². The molecule has 0 bridgehead atoms. The van der Waals surface area contributed by atoms with Gasteiger partial charge in [-0.3, -0.25) is 4.79 Å². The summed E-state index contributed by atoms with van der Waals surface area (Å²) in [7, 11) is 0. The standard InChI is InChI=1S/C18H18N4O2S/c1-2-3-13-4-6-14(7-5-13)17(24)12-25-18-19-20-21-22(18)15-8-10-16(23)11-9-15/h4-11,23H,2-3,12H2,1H3. The first-order chi connectivity index (χ1) is 12.2. The molecule has 0 unspecified atom stereocenters. The van der Waals surface area contributed by atoms with Gasteiger partial charge in [0.15, 0.2) is 5.78 Å². The fraction of sp³-hybridized carbons (Fsp3) is 0.222. The van der Waals surface area contributed by atoms with Crippen LogP contribution in [0.4, 0.5) is 0 Å². The van der Waals surface area contributed by atoms with Gasteiger partial charge in [-0.2, -0.15) is 4.68 Å². The molecular weight excluding hydrogens is 336 g/mol. The molecule has 1 aromatic heterocycles. The third-order valence-electron chi connectivity index (χ3n) is 3.68. The van der Waals surface area contributed by atoms with Gasteiger partial charge >= 0.3 is 0 Å². The lowest BCUT2D eigenvalue weighted by molar-refractivity contribution is 0.102. The Balaban J connectivity index is 1.66. The predicted octanol–water partition coefficient (Wildman–Crippen LogP) is 3.30. The molecule has 25 heavy (non-hydrogen) atoms. The van der Waals surface area contributed by atoms with Gasteiger partial charge < -0.3 is 5.11 Å². The Morgan fingerprint density at radius 2 is 1.84 bits per heavy atom. The van der Waals surface area contributed by atoms with Gasteiger partial charge in [0, 0.05) is 5.56 Å². The second-order valence-corrected chi connectivity index (χ2v) is 6.49. The molecule has 1 heterocycles. The Hall–Kier alpha value is -2.67. The van der Waals surface area contributed by atoms with E-state index in [0.717, 1.165) is 18.5 Å². The number of hydrogen-bond acceptors (Lipinski definition) is 6. The van der Waals surface area contributed by atoms with E-state index in [1.165, 1.54) is 17.3 Å². The van der Waals surface area contributed by atoms with Crippen molar-refractivity contribution < 1.29 is 9.90 Å². The second-order valence-electron chi connectivity index (χ2n) is 5.55. The van der Waals surface area contributed by atoms with Gasteiger partial charge in [0.05, 0.1) is 11.4 Å². The summed E-state index contributed by atoms with van der Waals surface area (Å²) in [5.41, 5.74) is 2.65. The van der Waals surface area contributed by atoms with Crippen molar-refractivity contribution in [2.45, 2.75) is 24.9 Å². The van der Waals surface area contributed by atoms with E-state index in [2.05, 4.69) is 22.4 Å². The first-order valence-corrected chi connectivity index (χ1v) is 8.98. The van der Waals surface area contributed by atoms with Crippen molar-refractivity contribution in [1.29, 1.82) is 0 Å². The number of nitrogens with zero attached hydrogens (tertiary/aromatic N) is 4. The molecule has 1 N–H and O–H groups in total. The van der Waals surface area contributed by atoms with Gasteiger partial charge in [-0.25, -0.2) is 0 Å². The maximum absolute atomic E-state index is 12.4. The van der Waals surface area contributed by atoms with Crippen molar-refractivity contribution in [2.75, 3.05) is 5.75 Å². The van der Waals surface area contributed by atoms with E-state index in [0.29, 0.717) is 10.7 Å². The van der Waals surface area contributed by atoms with Crippen LogP contribution in [0.3, 0.4) is 0 Å². The summed E-state index contributed by atoms with van der Waals surface area (Å²) in [5, 5.41) is 21.5. The lowest BCUT2D eigenvalue weighted by Gasteiger charge is -2.05. The number of aryl methyl sites for hydroxylation is 1. The molecule has 0 aliphatic carbocycles. The fourth-order valence-corrected chi connectivity index (χ4v) is 3.17. The molecule has 3 rings (SSSR count). The normalized spacial score (nSPS) is 10.8. The van der Waals surface area contributed by atoms with E-state index < -0.39 is 0 Å². The van der Waals surface area contributed by atoms with E-state index in [9.17, 15) is 9.90 Å². The highest BCUT2D eigenvalue weighted by Gasteiger charge is 2.13. The SMILES string of the molecule is CCCc1ccc(C(=O)CSc2nnnn2-c2ccc(O)cc2)cc1. The first kappa shape index (κ1) is 17.2. The van der Waals surface area contributed by atoms with Crippen LogP contribution in [0.1, 0.15) is 29.3 Å². The van der Waals surface area contributed by atoms with Crippen LogP contribution in [-0.2, 0) is 6.42 Å². The number of ketones is 1. The number of hydrogen-bond donors (Lipinski definition) is 1. The van der Waals surface area contributed by atoms with Crippen LogP contribution >= 0.6 is 11.8 Å². The summed E-state index contributed by atoms with van der Waals surface area (Å²) >= 11 is 1.28. The number of carbonyl (C=O) groups is 1. The number of phenolic OH excluding ortho intramolecular Hbond substituents is 1. The molecule has 0 saturated heterocycles. The zero-order valence-electron chi connectivity index (χ0n) is 13.8. The molecule has 0 aliphatic heterocycles. The molecule has 0 spiro atoms. The maximum atomic E-state index is 12.4. The lowest BCUT2D eigenvalue weighted by Crippen LogP contribution is -2.05. The van der Waals surface area contributed by atoms with Crippen molar-refractivity contribution in [2.24, 2.45) is 0 Å². The molecule has 0 atom stereocenters. The molecule has 3 aromatic rings. The summed E-state index contributed by atoms with van der Waals surface area (Å²) in [5.74, 6) is 0.465. The topological polar surface area (TPSA) is 80.9 Å². The van der Waals surface area contributed by atoms with Crippen molar-refractivity contribution >= 4 is 17.5 Å². The molecule has 0 aliphatic rings. The number of rotatable bonds is 7. The van der Waals surface area contributed by atoms with Gasteiger partial charge in [0.1, 0.15) is 5.75 Å². The highest BCUT2D eigenvalue weighted by Crippen LogP contribution is 2.21. The van der Waals surface area contributed by atoms with Crippen molar-refractivity contribution in [3.63, 3.8) is 0 Å². The van der Waals surface area contributed by atoms with Gasteiger partial charge in [0.25, 0.3) is 0 Å². The Morgan fingerprint density at radius 3 is 2.52 bits per heavy atom. The monoisotopic (exact) mass is 354 g/mol. The smallest absolute Gasteiger partial charge is 0.214 e. The third kappa shape index (κ3) is 4.24. The number of tetrazole rings is 1. The van der Waals surface area contributed by atoms with Crippen molar-refractivity contribution in [1.82, 2.24) is 20.2 Å². The fourth-order valence-electron chi connectivity index (χ4n) is 2.38. The Morgan fingerprint density at radius 1 is 1.12 bits per heavy atom. The highest BCUT2D eigenvalue weighted by molar-refractivity contribution is 7.99. The van der Waals surface area contributed by atoms with Gasteiger partial charge in [-0.1, -0.05) is 49.4 Å². The van der Waals surface area contributed by atoms with Gasteiger partial charge in [-0.05, 0) is 46.7 Å². The maximum Gasteiger partial charge on any atom is 0.214 e. The summed E-state index contributed by atoms with van der Waals surface area (Å²) < 4.78 is 1.54. The third-order valence-corrected chi connectivity index (χ3v) is 4.60. The van der Waals surface area contributed by atoms with E-state index in [4.69, 9.17) is 0 Å². The summed E-state index contributed by atoms with van der Waals surface area (Å²) in [4.78, 5) is 12.4. The van der Waals surface area contributed by atoms with Crippen LogP contribution in [0.15, 0.2) is 53.7 Å². The van der Waals surface area contributed by atoms with Crippen LogP contribution in [0.5, 0.6) is 5.75 Å². The first-order valence-electron chi connectivity index (χ1n) is 8.00. The van der Waals surface area contributed by atoms with Gasteiger partial charge in [0.2, 0.25) is 5.16 Å². The Bertz CT molecular complexity index is 844. The highest BCUT2D eigenvalue weighted by atomic mass is 32.2. The minimum absolute atomic E-state index is 0.0355. The lowest BCUT2D eigenvalue weighted by atomic mass is 10.1. The zero-order valence-corrected chi connectivity index (χ0v) is 14.6. The van der Waals surface area contributed by atoms with Gasteiger partial charge in [-0.15, -0.1) is 5.10 Å². The van der Waals surface area contributed by atoms with E-state index in [-0.39, 0.29) is 17.3 Å². The number of thioether (sulfide) groups is 1. The number of phenols is 1. The minimum Gasteiger partial charge on any atom is -0.508 e. The molecule has 2 aromatic carbocycles. The van der Waals surface area contributed by atoms with Crippen LogP contribution in [-0.4, -0.2) is 36.8 Å².